The Morgan fingerprint density at radius 2 is 1.86 bits per heavy atom. The summed E-state index contributed by atoms with van der Waals surface area (Å²) in [6, 6.07) is 8.26. The molecule has 0 spiro atoms. The van der Waals surface area contributed by atoms with E-state index in [1.165, 1.54) is 24.1 Å². The lowest BCUT2D eigenvalue weighted by Crippen LogP contribution is -2.25. The molecule has 0 saturated heterocycles. The largest absolute Gasteiger partial charge is 0.497 e. The van der Waals surface area contributed by atoms with E-state index in [1.807, 2.05) is 20.8 Å². The van der Waals surface area contributed by atoms with E-state index in [9.17, 15) is 14.2 Å². The van der Waals surface area contributed by atoms with E-state index in [0.29, 0.717) is 16.7 Å². The topological polar surface area (TPSA) is 150 Å². The van der Waals surface area contributed by atoms with Crippen LogP contribution in [0.4, 0.5) is 0 Å². The summed E-state index contributed by atoms with van der Waals surface area (Å²) in [5.74, 6) is 0.429. The molecule has 35 heavy (non-hydrogen) atoms. The van der Waals surface area contributed by atoms with Crippen molar-refractivity contribution in [2.24, 2.45) is 5.41 Å². The molecule has 0 bridgehead atoms. The van der Waals surface area contributed by atoms with Crippen molar-refractivity contribution in [3.8, 4) is 11.6 Å². The van der Waals surface area contributed by atoms with Crippen LogP contribution in [-0.4, -0.2) is 56.4 Å². The number of phosphoric ester groups is 1. The van der Waals surface area contributed by atoms with Gasteiger partial charge in [0, 0.05) is 41.1 Å². The fourth-order valence-corrected chi connectivity index (χ4v) is 3.46. The molecule has 12 heteroatoms. The fraction of sp³-hybridized carbons (Fsp3) is 0.391. The van der Waals surface area contributed by atoms with Crippen molar-refractivity contribution in [3.05, 3.63) is 47.8 Å². The molecule has 2 N–H and O–H groups in total. The zero-order chi connectivity index (χ0) is 25.8. The minimum atomic E-state index is -4.50. The predicted molar refractivity (Wildman–Crippen MR) is 127 cm³/mol. The molecule has 3 aromatic rings. The first-order valence-electron chi connectivity index (χ1n) is 10.8. The first-order chi connectivity index (χ1) is 16.4. The van der Waals surface area contributed by atoms with Crippen LogP contribution < -0.4 is 9.47 Å². The fourth-order valence-electron chi connectivity index (χ4n) is 3.10. The van der Waals surface area contributed by atoms with Gasteiger partial charge in [0.1, 0.15) is 18.0 Å². The second-order valence-electron chi connectivity index (χ2n) is 8.80. The van der Waals surface area contributed by atoms with Gasteiger partial charge < -0.3 is 19.3 Å². The van der Waals surface area contributed by atoms with Gasteiger partial charge in [0.25, 0.3) is 0 Å². The van der Waals surface area contributed by atoms with Crippen molar-refractivity contribution in [1.82, 2.24) is 14.8 Å². The lowest BCUT2D eigenvalue weighted by Gasteiger charge is -2.16. The van der Waals surface area contributed by atoms with Crippen molar-refractivity contribution in [1.29, 1.82) is 0 Å². The highest BCUT2D eigenvalue weighted by molar-refractivity contribution is 7.46. The van der Waals surface area contributed by atoms with Crippen molar-refractivity contribution in [2.75, 3.05) is 20.3 Å². The predicted octanol–water partition coefficient (Wildman–Crippen LogP) is 3.16. The molecular weight excluding hydrogens is 477 g/mol. The van der Waals surface area contributed by atoms with E-state index in [1.54, 1.807) is 24.3 Å². The van der Waals surface area contributed by atoms with Crippen LogP contribution >= 0.6 is 7.82 Å². The second-order valence-corrected chi connectivity index (χ2v) is 10.0. The standard InChI is InChI=1S/C23H28N3O8P/c1-23(2,3)19(27)14-26-18-12-16(32-4)7-8-17(18)21(25-26)22(28)15-6-9-20(24-13-15)33-10-5-11-34-35(29,30)31/h6-9,12-13H,5,10-11,14H2,1-4H3,(H2,29,30,31). The summed E-state index contributed by atoms with van der Waals surface area (Å²) in [5, 5.41) is 5.05. The number of carbonyl (C=O) groups excluding carboxylic acids is 2. The average molecular weight is 505 g/mol. The quantitative estimate of drug-likeness (QED) is 0.226. The summed E-state index contributed by atoms with van der Waals surface area (Å²) in [6.45, 7) is 5.45. The van der Waals surface area contributed by atoms with Gasteiger partial charge in [0.2, 0.25) is 11.7 Å². The highest BCUT2D eigenvalue weighted by Crippen LogP contribution is 2.35. The van der Waals surface area contributed by atoms with Crippen molar-refractivity contribution >= 4 is 30.3 Å². The first-order valence-corrected chi connectivity index (χ1v) is 12.3. The maximum Gasteiger partial charge on any atom is 0.469 e. The van der Waals surface area contributed by atoms with E-state index in [2.05, 4.69) is 14.6 Å². The molecule has 0 unspecified atom stereocenters. The molecule has 0 aliphatic rings. The van der Waals surface area contributed by atoms with Gasteiger partial charge >= 0.3 is 7.82 Å². The minimum Gasteiger partial charge on any atom is -0.497 e. The van der Waals surface area contributed by atoms with Gasteiger partial charge in [-0.15, -0.1) is 0 Å². The lowest BCUT2D eigenvalue weighted by molar-refractivity contribution is -0.127. The number of fused-ring (bicyclic) bond motifs is 1. The number of benzene rings is 1. The van der Waals surface area contributed by atoms with E-state index in [4.69, 9.17) is 19.3 Å². The van der Waals surface area contributed by atoms with Gasteiger partial charge in [0.15, 0.2) is 5.78 Å². The number of hydrogen-bond acceptors (Lipinski definition) is 8. The number of hydrogen-bond donors (Lipinski definition) is 2. The third-order valence-corrected chi connectivity index (χ3v) is 5.62. The van der Waals surface area contributed by atoms with E-state index in [0.717, 1.165) is 0 Å². The number of rotatable bonds is 11. The van der Waals surface area contributed by atoms with Crippen LogP contribution in [0, 0.1) is 5.41 Å². The van der Waals surface area contributed by atoms with Gasteiger partial charge in [-0.2, -0.15) is 5.10 Å². The number of methoxy groups -OCH3 is 1. The lowest BCUT2D eigenvalue weighted by atomic mass is 9.91. The molecule has 1 aromatic carbocycles. The van der Waals surface area contributed by atoms with Crippen LogP contribution in [0.15, 0.2) is 36.5 Å². The van der Waals surface area contributed by atoms with Gasteiger partial charge in [0.05, 0.1) is 25.8 Å². The van der Waals surface area contributed by atoms with Crippen LogP contribution in [0.25, 0.3) is 10.9 Å². The van der Waals surface area contributed by atoms with Gasteiger partial charge in [-0.05, 0) is 18.2 Å². The first kappa shape index (κ1) is 26.5. The third kappa shape index (κ3) is 6.95. The van der Waals surface area contributed by atoms with Crippen LogP contribution in [0.3, 0.4) is 0 Å². The summed E-state index contributed by atoms with van der Waals surface area (Å²) < 4.78 is 27.2. The Labute approximate surface area is 202 Å². The molecule has 2 aromatic heterocycles. The normalized spacial score (nSPS) is 12.1. The van der Waals surface area contributed by atoms with Crippen molar-refractivity contribution in [3.63, 3.8) is 0 Å². The number of phosphoric acid groups is 1. The SMILES string of the molecule is COc1ccc2c(C(=O)c3ccc(OCCCOP(=O)(O)O)nc3)nn(CC(=O)C(C)(C)C)c2c1. The molecule has 0 aliphatic carbocycles. The van der Waals surface area contributed by atoms with Gasteiger partial charge in [-0.3, -0.25) is 18.8 Å². The number of ether oxygens (including phenoxy) is 2. The molecule has 0 fully saturated rings. The molecular formula is C23H28N3O8P. The maximum absolute atomic E-state index is 13.3. The Hall–Kier alpha value is -3.11. The Morgan fingerprint density at radius 3 is 2.46 bits per heavy atom. The van der Waals surface area contributed by atoms with E-state index >= 15 is 0 Å². The van der Waals surface area contributed by atoms with Crippen LogP contribution in [-0.2, 0) is 20.4 Å². The number of nitrogens with zero attached hydrogens (tertiary/aromatic N) is 3. The maximum atomic E-state index is 13.3. The summed E-state index contributed by atoms with van der Waals surface area (Å²) in [4.78, 5) is 47.3. The minimum absolute atomic E-state index is 0.0111. The van der Waals surface area contributed by atoms with Gasteiger partial charge in [-0.25, -0.2) is 9.55 Å². The molecule has 0 amide bonds. The Morgan fingerprint density at radius 1 is 1.11 bits per heavy atom. The molecule has 11 nitrogen and oxygen atoms in total. The van der Waals surface area contributed by atoms with Crippen molar-refractivity contribution < 1.29 is 37.9 Å². The number of Topliss-reactive ketones (excluding diaryl/α,β-unsaturated/α-hetero) is 1. The van der Waals surface area contributed by atoms with Crippen LogP contribution in [0.1, 0.15) is 43.2 Å². The molecule has 3 rings (SSSR count). The molecule has 0 atom stereocenters. The smallest absolute Gasteiger partial charge is 0.469 e. The van der Waals surface area contributed by atoms with E-state index < -0.39 is 13.2 Å². The Bertz CT molecular complexity index is 1260. The van der Waals surface area contributed by atoms with Crippen LogP contribution in [0.2, 0.25) is 0 Å². The monoisotopic (exact) mass is 505 g/mol. The number of pyridine rings is 1. The summed E-state index contributed by atoms with van der Waals surface area (Å²) >= 11 is 0. The Kier molecular flexibility index (Phi) is 8.07. The second kappa shape index (κ2) is 10.7. The summed E-state index contributed by atoms with van der Waals surface area (Å²) in [5.41, 5.74) is 0.514. The third-order valence-electron chi connectivity index (χ3n) is 5.10. The number of ketones is 2. The van der Waals surface area contributed by atoms with Crippen LogP contribution in [0.5, 0.6) is 11.6 Å². The number of carbonyl (C=O) groups is 2. The molecule has 0 saturated carbocycles. The highest BCUT2D eigenvalue weighted by Gasteiger charge is 2.25. The number of aromatic nitrogens is 3. The molecule has 0 aliphatic heterocycles. The zero-order valence-corrected chi connectivity index (χ0v) is 20.8. The summed E-state index contributed by atoms with van der Waals surface area (Å²) in [7, 11) is -2.97. The molecule has 0 radical (unpaired) electrons. The Balaban J connectivity index is 1.79. The average Bonchev–Trinajstić information content (AvgIpc) is 3.15. The molecule has 188 valence electrons. The van der Waals surface area contributed by atoms with Crippen molar-refractivity contribution in [2.45, 2.75) is 33.7 Å². The zero-order valence-electron chi connectivity index (χ0n) is 19.9. The highest BCUT2D eigenvalue weighted by atomic mass is 31.2. The molecule has 2 heterocycles. The van der Waals surface area contributed by atoms with E-state index in [-0.39, 0.29) is 54.9 Å². The summed E-state index contributed by atoms with van der Waals surface area (Å²) in [6.07, 6.45) is 1.60. The van der Waals surface area contributed by atoms with Gasteiger partial charge in [-0.1, -0.05) is 20.8 Å².